The largest absolute Gasteiger partial charge is 0.344 e. The third-order valence-electron chi connectivity index (χ3n) is 4.51. The molecule has 1 heteroatoms. The van der Waals surface area contributed by atoms with Crippen LogP contribution in [0.25, 0.3) is 21.5 Å². The van der Waals surface area contributed by atoms with Crippen LogP contribution in [-0.4, -0.2) is 7.05 Å². The molecule has 0 saturated carbocycles. The van der Waals surface area contributed by atoms with Crippen LogP contribution in [0.1, 0.15) is 5.56 Å². The number of hydrogen-bond donors (Lipinski definition) is 0. The molecule has 4 aromatic rings. The van der Waals surface area contributed by atoms with Gasteiger partial charge < -0.3 is 4.90 Å². The van der Waals surface area contributed by atoms with E-state index in [1.807, 2.05) is 0 Å². The molecule has 0 aliphatic heterocycles. The molecule has 0 atom stereocenters. The number of hydrogen-bond acceptors (Lipinski definition) is 1. The van der Waals surface area contributed by atoms with Gasteiger partial charge in [-0.15, -0.1) is 0 Å². The summed E-state index contributed by atoms with van der Waals surface area (Å²) < 4.78 is 0. The second-order valence-corrected chi connectivity index (χ2v) is 6.09. The van der Waals surface area contributed by atoms with Crippen LogP contribution in [0, 0.1) is 6.92 Å². The van der Waals surface area contributed by atoms with Crippen molar-refractivity contribution in [1.82, 2.24) is 0 Å². The minimum atomic E-state index is 1.20. The van der Waals surface area contributed by atoms with E-state index >= 15 is 0 Å². The van der Waals surface area contributed by atoms with Gasteiger partial charge in [0.25, 0.3) is 0 Å². The predicted octanol–water partition coefficient (Wildman–Crippen LogP) is 6.07. The molecule has 0 saturated heterocycles. The third-order valence-corrected chi connectivity index (χ3v) is 4.51. The lowest BCUT2D eigenvalue weighted by atomic mass is 10.0. The first-order valence-electron chi connectivity index (χ1n) is 7.94. The second-order valence-electron chi connectivity index (χ2n) is 6.09. The molecule has 0 bridgehead atoms. The average molecular weight is 297 g/mol. The van der Waals surface area contributed by atoms with Crippen LogP contribution >= 0.6 is 0 Å². The first-order valence-corrected chi connectivity index (χ1v) is 7.94. The maximum Gasteiger partial charge on any atom is 0.0487 e. The Kier molecular flexibility index (Phi) is 3.27. The lowest BCUT2D eigenvalue weighted by molar-refractivity contribution is 1.22. The van der Waals surface area contributed by atoms with Gasteiger partial charge in [-0.1, -0.05) is 54.1 Å². The lowest BCUT2D eigenvalue weighted by Gasteiger charge is -2.22. The summed E-state index contributed by atoms with van der Waals surface area (Å²) in [6.45, 7) is 2.12. The molecule has 0 amide bonds. The molecule has 0 spiro atoms. The fourth-order valence-corrected chi connectivity index (χ4v) is 3.15. The highest BCUT2D eigenvalue weighted by molar-refractivity contribution is 6.04. The number of anilines is 2. The fourth-order valence-electron chi connectivity index (χ4n) is 3.15. The van der Waals surface area contributed by atoms with Gasteiger partial charge in [0, 0.05) is 23.8 Å². The quantitative estimate of drug-likeness (QED) is 0.406. The monoisotopic (exact) mass is 297 g/mol. The van der Waals surface area contributed by atoms with Crippen molar-refractivity contribution in [2.45, 2.75) is 6.92 Å². The smallest absolute Gasteiger partial charge is 0.0487 e. The third kappa shape index (κ3) is 2.44. The Morgan fingerprint density at radius 1 is 0.652 bits per heavy atom. The van der Waals surface area contributed by atoms with Gasteiger partial charge in [-0.25, -0.2) is 0 Å². The molecule has 0 heterocycles. The van der Waals surface area contributed by atoms with Gasteiger partial charge in [0.15, 0.2) is 0 Å². The van der Waals surface area contributed by atoms with Crippen molar-refractivity contribution in [3.05, 3.63) is 84.4 Å². The SMILES string of the molecule is Cc1ccc(N(C)c2cccc3cc4ccccc4cc23)cc1. The molecule has 23 heavy (non-hydrogen) atoms. The summed E-state index contributed by atoms with van der Waals surface area (Å²) in [5.74, 6) is 0. The molecule has 112 valence electrons. The van der Waals surface area contributed by atoms with Crippen molar-refractivity contribution < 1.29 is 0 Å². The molecule has 0 aliphatic carbocycles. The molecule has 0 N–H and O–H groups in total. The summed E-state index contributed by atoms with van der Waals surface area (Å²) in [5, 5.41) is 5.13. The highest BCUT2D eigenvalue weighted by Gasteiger charge is 2.09. The molecule has 1 nitrogen and oxygen atoms in total. The molecular formula is C22H19N. The van der Waals surface area contributed by atoms with Gasteiger partial charge in [0.1, 0.15) is 0 Å². The van der Waals surface area contributed by atoms with Gasteiger partial charge in [0.2, 0.25) is 0 Å². The van der Waals surface area contributed by atoms with E-state index in [0.29, 0.717) is 0 Å². The van der Waals surface area contributed by atoms with Gasteiger partial charge in [0.05, 0.1) is 0 Å². The molecule has 0 radical (unpaired) electrons. The van der Waals surface area contributed by atoms with Crippen LogP contribution in [0.3, 0.4) is 0 Å². The minimum Gasteiger partial charge on any atom is -0.344 e. The zero-order chi connectivity index (χ0) is 15.8. The van der Waals surface area contributed by atoms with Crippen LogP contribution in [-0.2, 0) is 0 Å². The van der Waals surface area contributed by atoms with E-state index in [1.54, 1.807) is 0 Å². The Labute approximate surface area is 136 Å². The Morgan fingerprint density at radius 3 is 2.04 bits per heavy atom. The van der Waals surface area contributed by atoms with Crippen molar-refractivity contribution >= 4 is 32.9 Å². The Hall–Kier alpha value is -2.80. The van der Waals surface area contributed by atoms with Crippen LogP contribution < -0.4 is 4.90 Å². The Morgan fingerprint density at radius 2 is 1.30 bits per heavy atom. The zero-order valence-electron chi connectivity index (χ0n) is 13.5. The first kappa shape index (κ1) is 13.8. The van der Waals surface area contributed by atoms with E-state index in [4.69, 9.17) is 0 Å². The fraction of sp³-hybridized carbons (Fsp3) is 0.0909. The summed E-state index contributed by atoms with van der Waals surface area (Å²) in [4.78, 5) is 2.26. The van der Waals surface area contributed by atoms with Gasteiger partial charge in [-0.2, -0.15) is 0 Å². The van der Waals surface area contributed by atoms with Crippen LogP contribution in [0.2, 0.25) is 0 Å². The van der Waals surface area contributed by atoms with E-state index in [2.05, 4.69) is 97.7 Å². The van der Waals surface area contributed by atoms with Gasteiger partial charge in [-0.3, -0.25) is 0 Å². The standard InChI is InChI=1S/C22H19N/c1-16-10-12-20(13-11-16)23(2)22-9-5-8-19-14-17-6-3-4-7-18(17)15-21(19)22/h3-15H,1-2H3. The number of benzene rings is 4. The summed E-state index contributed by atoms with van der Waals surface area (Å²) in [5.41, 5.74) is 3.72. The summed E-state index contributed by atoms with van der Waals surface area (Å²) in [7, 11) is 2.13. The number of rotatable bonds is 2. The van der Waals surface area contributed by atoms with E-state index in [0.717, 1.165) is 0 Å². The molecule has 0 unspecified atom stereocenters. The molecule has 4 rings (SSSR count). The summed E-state index contributed by atoms with van der Waals surface area (Å²) >= 11 is 0. The lowest BCUT2D eigenvalue weighted by Crippen LogP contribution is -2.09. The van der Waals surface area contributed by atoms with Crippen LogP contribution in [0.4, 0.5) is 11.4 Å². The van der Waals surface area contributed by atoms with Crippen molar-refractivity contribution in [2.24, 2.45) is 0 Å². The van der Waals surface area contributed by atoms with E-state index in [-0.39, 0.29) is 0 Å². The topological polar surface area (TPSA) is 3.24 Å². The number of aryl methyl sites for hydroxylation is 1. The number of fused-ring (bicyclic) bond motifs is 2. The highest BCUT2D eigenvalue weighted by Crippen LogP contribution is 2.33. The zero-order valence-corrected chi connectivity index (χ0v) is 13.5. The normalized spacial score (nSPS) is 11.0. The van der Waals surface area contributed by atoms with E-state index < -0.39 is 0 Å². The average Bonchev–Trinajstić information content (AvgIpc) is 2.59. The van der Waals surface area contributed by atoms with Crippen LogP contribution in [0.5, 0.6) is 0 Å². The van der Waals surface area contributed by atoms with E-state index in [1.165, 1.54) is 38.5 Å². The van der Waals surface area contributed by atoms with Crippen molar-refractivity contribution in [3.8, 4) is 0 Å². The molecular weight excluding hydrogens is 278 g/mol. The molecule has 0 fully saturated rings. The minimum absolute atomic E-state index is 1.20. The molecule has 0 aromatic heterocycles. The van der Waals surface area contributed by atoms with Crippen molar-refractivity contribution in [2.75, 3.05) is 11.9 Å². The maximum absolute atomic E-state index is 2.30. The van der Waals surface area contributed by atoms with Crippen molar-refractivity contribution in [3.63, 3.8) is 0 Å². The predicted molar refractivity (Wildman–Crippen MR) is 101 cm³/mol. The van der Waals surface area contributed by atoms with Crippen LogP contribution in [0.15, 0.2) is 78.9 Å². The second kappa shape index (κ2) is 5.44. The maximum atomic E-state index is 2.30. The van der Waals surface area contributed by atoms with Gasteiger partial charge >= 0.3 is 0 Å². The van der Waals surface area contributed by atoms with Gasteiger partial charge in [-0.05, 0) is 53.4 Å². The van der Waals surface area contributed by atoms with E-state index in [9.17, 15) is 0 Å². The highest BCUT2D eigenvalue weighted by atomic mass is 15.1. The molecule has 4 aromatic carbocycles. The van der Waals surface area contributed by atoms with Crippen molar-refractivity contribution in [1.29, 1.82) is 0 Å². The number of nitrogens with zero attached hydrogens (tertiary/aromatic N) is 1. The summed E-state index contributed by atoms with van der Waals surface area (Å²) in [6.07, 6.45) is 0. The molecule has 0 aliphatic rings. The summed E-state index contributed by atoms with van der Waals surface area (Å²) in [6, 6.07) is 28.3. The Bertz CT molecular complexity index is 984. The first-order chi connectivity index (χ1) is 11.2. The Balaban J connectivity index is 1.92.